The third kappa shape index (κ3) is 4.38. The molecule has 1 aliphatic rings. The molecule has 18 heavy (non-hydrogen) atoms. The summed E-state index contributed by atoms with van der Waals surface area (Å²) in [7, 11) is 0. The van der Waals surface area contributed by atoms with Crippen molar-refractivity contribution in [3.8, 4) is 0 Å². The van der Waals surface area contributed by atoms with E-state index in [9.17, 15) is 9.59 Å². The van der Waals surface area contributed by atoms with E-state index in [0.29, 0.717) is 25.4 Å². The summed E-state index contributed by atoms with van der Waals surface area (Å²) in [6.07, 6.45) is 1.06. The lowest BCUT2D eigenvalue weighted by atomic mass is 9.92. The Bertz CT molecular complexity index is 328. The first-order valence-corrected chi connectivity index (χ1v) is 7.21. The molecule has 0 spiro atoms. The zero-order chi connectivity index (χ0) is 13.9. The monoisotopic (exact) mass is 368 g/mol. The number of piperidine rings is 1. The van der Waals surface area contributed by atoms with Gasteiger partial charge in [0.2, 0.25) is 3.79 Å². The van der Waals surface area contributed by atoms with Gasteiger partial charge < -0.3 is 10.5 Å². The van der Waals surface area contributed by atoms with Crippen molar-refractivity contribution in [1.82, 2.24) is 4.90 Å². The lowest BCUT2D eigenvalue weighted by Gasteiger charge is -2.38. The highest BCUT2D eigenvalue weighted by molar-refractivity contribution is 14.1. The number of carbonyl (C=O) groups excluding carboxylic acids is 2. The standard InChI is InChI=1S/C12H21IN2O3/c1-12(2,3)18-11(17)15-5-4-8(7-14)6-9(15)10(13)16/h8-9H,4-7,14H2,1-3H3. The van der Waals surface area contributed by atoms with Crippen molar-refractivity contribution in [2.24, 2.45) is 11.7 Å². The van der Waals surface area contributed by atoms with E-state index in [1.54, 1.807) is 22.6 Å². The zero-order valence-corrected chi connectivity index (χ0v) is 13.3. The molecule has 0 aromatic rings. The average molecular weight is 368 g/mol. The van der Waals surface area contributed by atoms with Crippen molar-refractivity contribution in [3.05, 3.63) is 0 Å². The molecule has 1 fully saturated rings. The lowest BCUT2D eigenvalue weighted by Crippen LogP contribution is -2.51. The second-order valence-corrected chi connectivity index (χ2v) is 6.68. The van der Waals surface area contributed by atoms with Gasteiger partial charge in [0.05, 0.1) is 0 Å². The molecule has 1 heterocycles. The topological polar surface area (TPSA) is 72.6 Å². The molecule has 2 atom stereocenters. The van der Waals surface area contributed by atoms with Crippen LogP contribution in [0.1, 0.15) is 33.6 Å². The molecule has 1 amide bonds. The molecule has 0 saturated carbocycles. The second kappa shape index (κ2) is 6.18. The van der Waals surface area contributed by atoms with Crippen molar-refractivity contribution in [3.63, 3.8) is 0 Å². The van der Waals surface area contributed by atoms with Gasteiger partial charge >= 0.3 is 6.09 Å². The van der Waals surface area contributed by atoms with Crippen molar-refractivity contribution in [1.29, 1.82) is 0 Å². The summed E-state index contributed by atoms with van der Waals surface area (Å²) in [5.41, 5.74) is 5.10. The van der Waals surface area contributed by atoms with Crippen LogP contribution in [0.15, 0.2) is 0 Å². The van der Waals surface area contributed by atoms with E-state index in [4.69, 9.17) is 10.5 Å². The highest BCUT2D eigenvalue weighted by atomic mass is 127. The molecule has 0 aliphatic carbocycles. The number of nitrogens with two attached hydrogens (primary N) is 1. The molecule has 5 nitrogen and oxygen atoms in total. The molecule has 0 aromatic carbocycles. The van der Waals surface area contributed by atoms with Gasteiger partial charge in [-0.3, -0.25) is 9.69 Å². The van der Waals surface area contributed by atoms with Crippen LogP contribution in [0.4, 0.5) is 4.79 Å². The molecule has 2 N–H and O–H groups in total. The Morgan fingerprint density at radius 1 is 1.44 bits per heavy atom. The molecule has 6 heteroatoms. The second-order valence-electron chi connectivity index (χ2n) is 5.62. The Morgan fingerprint density at radius 3 is 2.50 bits per heavy atom. The van der Waals surface area contributed by atoms with E-state index >= 15 is 0 Å². The van der Waals surface area contributed by atoms with Gasteiger partial charge in [-0.25, -0.2) is 4.79 Å². The Labute approximate surface area is 122 Å². The van der Waals surface area contributed by atoms with E-state index in [-0.39, 0.29) is 3.79 Å². The molecule has 0 aromatic heterocycles. The fourth-order valence-corrected chi connectivity index (χ4v) is 2.60. The summed E-state index contributed by atoms with van der Waals surface area (Å²) >= 11 is 1.74. The summed E-state index contributed by atoms with van der Waals surface area (Å²) < 4.78 is 5.30. The lowest BCUT2D eigenvalue weighted by molar-refractivity contribution is -0.115. The number of hydrogen-bond donors (Lipinski definition) is 1. The van der Waals surface area contributed by atoms with Crippen LogP contribution >= 0.6 is 22.6 Å². The number of likely N-dealkylation sites (tertiary alicyclic amines) is 1. The normalized spacial score (nSPS) is 24.8. The number of nitrogens with zero attached hydrogens (tertiary/aromatic N) is 1. The fraction of sp³-hybridized carbons (Fsp3) is 0.833. The molecule has 1 saturated heterocycles. The molecule has 104 valence electrons. The molecule has 0 bridgehead atoms. The Hall–Kier alpha value is -0.370. The van der Waals surface area contributed by atoms with Crippen LogP contribution in [-0.2, 0) is 9.53 Å². The van der Waals surface area contributed by atoms with Gasteiger partial charge in [-0.1, -0.05) is 0 Å². The van der Waals surface area contributed by atoms with Crippen LogP contribution in [-0.4, -0.2) is 39.5 Å². The molecule has 2 unspecified atom stereocenters. The summed E-state index contributed by atoms with van der Waals surface area (Å²) in [5.74, 6) is 0.312. The van der Waals surface area contributed by atoms with Gasteiger partial charge in [0.1, 0.15) is 11.6 Å². The van der Waals surface area contributed by atoms with E-state index in [2.05, 4.69) is 0 Å². The van der Waals surface area contributed by atoms with Crippen LogP contribution in [0.5, 0.6) is 0 Å². The summed E-state index contributed by atoms with van der Waals surface area (Å²) in [6, 6.07) is -0.400. The minimum Gasteiger partial charge on any atom is -0.444 e. The van der Waals surface area contributed by atoms with Crippen molar-refractivity contribution >= 4 is 32.5 Å². The van der Waals surface area contributed by atoms with E-state index in [0.717, 1.165) is 6.42 Å². The van der Waals surface area contributed by atoms with Crippen molar-refractivity contribution in [2.45, 2.75) is 45.3 Å². The minimum atomic E-state index is -0.541. The quantitative estimate of drug-likeness (QED) is 0.597. The fourth-order valence-electron chi connectivity index (χ4n) is 2.01. The maximum atomic E-state index is 12.0. The Kier molecular flexibility index (Phi) is 5.39. The van der Waals surface area contributed by atoms with Gasteiger partial charge in [0.15, 0.2) is 0 Å². The molecular weight excluding hydrogens is 347 g/mol. The van der Waals surface area contributed by atoms with Gasteiger partial charge in [-0.2, -0.15) is 0 Å². The zero-order valence-electron chi connectivity index (χ0n) is 11.1. The van der Waals surface area contributed by atoms with Crippen LogP contribution in [0, 0.1) is 5.92 Å². The number of ether oxygens (including phenoxy) is 1. The maximum Gasteiger partial charge on any atom is 0.410 e. The van der Waals surface area contributed by atoms with E-state index in [1.165, 1.54) is 4.90 Å². The Balaban J connectivity index is 2.74. The largest absolute Gasteiger partial charge is 0.444 e. The molecule has 1 rings (SSSR count). The first-order valence-electron chi connectivity index (χ1n) is 6.13. The van der Waals surface area contributed by atoms with Crippen LogP contribution in [0.2, 0.25) is 0 Å². The van der Waals surface area contributed by atoms with E-state index in [1.807, 2.05) is 20.8 Å². The molecule has 0 radical (unpaired) electrons. The molecular formula is C12H21IN2O3. The van der Waals surface area contributed by atoms with E-state index < -0.39 is 17.7 Å². The summed E-state index contributed by atoms with van der Waals surface area (Å²) in [5, 5.41) is 0. The van der Waals surface area contributed by atoms with Gasteiger partial charge in [0, 0.05) is 29.1 Å². The molecule has 1 aliphatic heterocycles. The average Bonchev–Trinajstić information content (AvgIpc) is 2.25. The predicted molar refractivity (Wildman–Crippen MR) is 77.5 cm³/mol. The van der Waals surface area contributed by atoms with Crippen LogP contribution in [0.25, 0.3) is 0 Å². The summed E-state index contributed by atoms with van der Waals surface area (Å²) in [6.45, 7) is 6.55. The highest BCUT2D eigenvalue weighted by Gasteiger charge is 2.36. The van der Waals surface area contributed by atoms with Crippen LogP contribution in [0.3, 0.4) is 0 Å². The minimum absolute atomic E-state index is 0.0309. The number of halogens is 1. The van der Waals surface area contributed by atoms with Crippen LogP contribution < -0.4 is 5.73 Å². The van der Waals surface area contributed by atoms with Gasteiger partial charge in [-0.15, -0.1) is 0 Å². The van der Waals surface area contributed by atoms with Crippen molar-refractivity contribution < 1.29 is 14.3 Å². The smallest absolute Gasteiger partial charge is 0.410 e. The number of amides is 1. The number of carbonyl (C=O) groups is 2. The SMILES string of the molecule is CC(C)(C)OC(=O)N1CCC(CN)CC1C(=O)I. The maximum absolute atomic E-state index is 12.0. The summed E-state index contributed by atoms with van der Waals surface area (Å²) in [4.78, 5) is 25.2. The third-order valence-corrected chi connectivity index (χ3v) is 3.65. The highest BCUT2D eigenvalue weighted by Crippen LogP contribution is 2.26. The predicted octanol–water partition coefficient (Wildman–Crippen LogP) is 1.92. The first kappa shape index (κ1) is 15.7. The third-order valence-electron chi connectivity index (χ3n) is 2.93. The van der Waals surface area contributed by atoms with Gasteiger partial charge in [0.25, 0.3) is 0 Å². The Morgan fingerprint density at radius 2 is 2.06 bits per heavy atom. The van der Waals surface area contributed by atoms with Crippen molar-refractivity contribution in [2.75, 3.05) is 13.1 Å². The van der Waals surface area contributed by atoms with Gasteiger partial charge in [-0.05, 0) is 46.1 Å². The number of hydrogen-bond acceptors (Lipinski definition) is 4. The number of rotatable bonds is 2. The first-order chi connectivity index (χ1) is 8.24.